The summed E-state index contributed by atoms with van der Waals surface area (Å²) in [6.07, 6.45) is -0.246. The van der Waals surface area contributed by atoms with Gasteiger partial charge in [-0.1, -0.05) is 29.8 Å². The molecule has 156 valence electrons. The first-order chi connectivity index (χ1) is 13.8. The number of nitrogens with zero attached hydrogens (tertiary/aromatic N) is 4. The molecule has 7 heteroatoms. The maximum atomic E-state index is 13.4. The Morgan fingerprint density at radius 3 is 2.41 bits per heavy atom. The molecule has 7 nitrogen and oxygen atoms in total. The predicted octanol–water partition coefficient (Wildman–Crippen LogP) is 2.25. The van der Waals surface area contributed by atoms with E-state index in [9.17, 15) is 9.59 Å². The standard InChI is InChI=1S/C22H30N4O3/c1-14(2)29-22(28)18-16(4)23-24-20(19(18)17-8-6-7-15(3)13-17)21(27)26-11-9-25(5)10-12-26/h6-8,13-14,18-19H,9-12H2,1-5H3. The summed E-state index contributed by atoms with van der Waals surface area (Å²) in [4.78, 5) is 30.4. The number of hydrogen-bond donors (Lipinski definition) is 0. The van der Waals surface area contributed by atoms with Crippen LogP contribution in [-0.2, 0) is 14.3 Å². The third-order valence-electron chi connectivity index (χ3n) is 5.41. The zero-order valence-electron chi connectivity index (χ0n) is 17.9. The number of carbonyl (C=O) groups excluding carboxylic acids is 2. The second kappa shape index (κ2) is 8.86. The molecule has 0 aliphatic carbocycles. The molecule has 0 saturated carbocycles. The largest absolute Gasteiger partial charge is 0.462 e. The molecule has 2 heterocycles. The summed E-state index contributed by atoms with van der Waals surface area (Å²) >= 11 is 0. The average molecular weight is 399 g/mol. The van der Waals surface area contributed by atoms with Crippen molar-refractivity contribution >= 4 is 23.3 Å². The molecule has 1 aromatic carbocycles. The van der Waals surface area contributed by atoms with E-state index < -0.39 is 11.8 Å². The Labute approximate surface area is 172 Å². The Morgan fingerprint density at radius 1 is 1.10 bits per heavy atom. The van der Waals surface area contributed by atoms with E-state index in [0.717, 1.165) is 24.2 Å². The summed E-state index contributed by atoms with van der Waals surface area (Å²) < 4.78 is 5.52. The van der Waals surface area contributed by atoms with E-state index in [0.29, 0.717) is 24.5 Å². The van der Waals surface area contributed by atoms with Crippen molar-refractivity contribution in [2.75, 3.05) is 33.2 Å². The third kappa shape index (κ3) is 4.72. The van der Waals surface area contributed by atoms with Gasteiger partial charge in [-0.3, -0.25) is 9.59 Å². The maximum absolute atomic E-state index is 13.4. The van der Waals surface area contributed by atoms with Crippen molar-refractivity contribution in [2.24, 2.45) is 16.1 Å². The Bertz CT molecular complexity index is 838. The molecule has 3 rings (SSSR count). The van der Waals surface area contributed by atoms with Crippen LogP contribution in [0.15, 0.2) is 34.5 Å². The second-order valence-corrected chi connectivity index (χ2v) is 8.18. The van der Waals surface area contributed by atoms with Gasteiger partial charge < -0.3 is 14.5 Å². The molecule has 0 bridgehead atoms. The summed E-state index contributed by atoms with van der Waals surface area (Å²) in [5.41, 5.74) is 2.82. The molecule has 0 aromatic heterocycles. The normalized spacial score (nSPS) is 22.9. The Kier molecular flexibility index (Phi) is 6.47. The van der Waals surface area contributed by atoms with E-state index in [1.165, 1.54) is 0 Å². The molecule has 1 fully saturated rings. The van der Waals surface area contributed by atoms with Crippen molar-refractivity contribution in [3.8, 4) is 0 Å². The first-order valence-corrected chi connectivity index (χ1v) is 10.1. The van der Waals surface area contributed by atoms with Crippen molar-refractivity contribution < 1.29 is 14.3 Å². The highest BCUT2D eigenvalue weighted by molar-refractivity contribution is 6.42. The number of hydrogen-bond acceptors (Lipinski definition) is 6. The van der Waals surface area contributed by atoms with Crippen LogP contribution in [0.1, 0.15) is 37.8 Å². The zero-order chi connectivity index (χ0) is 21.1. The van der Waals surface area contributed by atoms with Crippen LogP contribution < -0.4 is 0 Å². The molecule has 0 radical (unpaired) electrons. The Balaban J connectivity index is 2.00. The van der Waals surface area contributed by atoms with E-state index in [1.54, 1.807) is 6.92 Å². The van der Waals surface area contributed by atoms with Crippen LogP contribution in [-0.4, -0.2) is 72.4 Å². The predicted molar refractivity (Wildman–Crippen MR) is 113 cm³/mol. The number of benzene rings is 1. The fourth-order valence-electron chi connectivity index (χ4n) is 3.83. The molecular weight excluding hydrogens is 368 g/mol. The molecular formula is C22H30N4O3. The van der Waals surface area contributed by atoms with Gasteiger partial charge in [0.2, 0.25) is 0 Å². The van der Waals surface area contributed by atoms with Gasteiger partial charge in [-0.2, -0.15) is 5.10 Å². The fraction of sp³-hybridized carbons (Fsp3) is 0.545. The first kappa shape index (κ1) is 21.2. The molecule has 29 heavy (non-hydrogen) atoms. The lowest BCUT2D eigenvalue weighted by Gasteiger charge is -2.35. The van der Waals surface area contributed by atoms with Gasteiger partial charge in [0.15, 0.2) is 0 Å². The number of rotatable bonds is 4. The van der Waals surface area contributed by atoms with Crippen molar-refractivity contribution in [1.82, 2.24) is 9.80 Å². The van der Waals surface area contributed by atoms with Gasteiger partial charge in [-0.15, -0.1) is 5.10 Å². The number of carbonyl (C=O) groups is 2. The van der Waals surface area contributed by atoms with E-state index in [-0.39, 0.29) is 18.0 Å². The molecule has 1 saturated heterocycles. The van der Waals surface area contributed by atoms with E-state index in [1.807, 2.05) is 57.0 Å². The van der Waals surface area contributed by atoms with Crippen molar-refractivity contribution in [1.29, 1.82) is 0 Å². The molecule has 1 aromatic rings. The van der Waals surface area contributed by atoms with Gasteiger partial charge in [0.25, 0.3) is 5.91 Å². The maximum Gasteiger partial charge on any atom is 0.316 e. The monoisotopic (exact) mass is 398 g/mol. The fourth-order valence-corrected chi connectivity index (χ4v) is 3.83. The van der Waals surface area contributed by atoms with Gasteiger partial charge >= 0.3 is 5.97 Å². The van der Waals surface area contributed by atoms with Crippen molar-refractivity contribution in [2.45, 2.75) is 39.7 Å². The summed E-state index contributed by atoms with van der Waals surface area (Å²) in [6, 6.07) is 7.88. The molecule has 2 aliphatic rings. The minimum Gasteiger partial charge on any atom is -0.462 e. The molecule has 2 unspecified atom stereocenters. The highest BCUT2D eigenvalue weighted by Crippen LogP contribution is 2.33. The minimum atomic E-state index is -0.664. The van der Waals surface area contributed by atoms with Crippen LogP contribution in [0.5, 0.6) is 0 Å². The van der Waals surface area contributed by atoms with Gasteiger partial charge in [-0.05, 0) is 40.3 Å². The van der Waals surface area contributed by atoms with E-state index in [2.05, 4.69) is 15.1 Å². The lowest BCUT2D eigenvalue weighted by molar-refractivity contribution is -0.150. The Morgan fingerprint density at radius 2 is 1.79 bits per heavy atom. The molecule has 0 spiro atoms. The van der Waals surface area contributed by atoms with Crippen molar-refractivity contribution in [3.63, 3.8) is 0 Å². The number of aryl methyl sites for hydroxylation is 1. The number of ether oxygens (including phenoxy) is 1. The molecule has 0 N–H and O–H groups in total. The highest BCUT2D eigenvalue weighted by Gasteiger charge is 2.43. The third-order valence-corrected chi connectivity index (χ3v) is 5.41. The van der Waals surface area contributed by atoms with Crippen LogP contribution >= 0.6 is 0 Å². The lowest BCUT2D eigenvalue weighted by Crippen LogP contribution is -2.51. The van der Waals surface area contributed by atoms with Crippen LogP contribution in [0.3, 0.4) is 0 Å². The summed E-state index contributed by atoms with van der Waals surface area (Å²) in [5.74, 6) is -1.69. The average Bonchev–Trinajstić information content (AvgIpc) is 2.67. The van der Waals surface area contributed by atoms with Crippen LogP contribution in [0.2, 0.25) is 0 Å². The number of likely N-dealkylation sites (N-methyl/N-ethyl adjacent to an activating group) is 1. The minimum absolute atomic E-state index is 0.150. The van der Waals surface area contributed by atoms with Crippen LogP contribution in [0.4, 0.5) is 0 Å². The number of amides is 1. The zero-order valence-corrected chi connectivity index (χ0v) is 17.9. The lowest BCUT2D eigenvalue weighted by atomic mass is 9.78. The summed E-state index contributed by atoms with van der Waals surface area (Å²) in [5, 5.41) is 8.49. The molecule has 2 aliphatic heterocycles. The van der Waals surface area contributed by atoms with Gasteiger partial charge in [0.1, 0.15) is 11.6 Å². The Hall–Kier alpha value is -2.54. The summed E-state index contributed by atoms with van der Waals surface area (Å²) in [6.45, 7) is 10.3. The second-order valence-electron chi connectivity index (χ2n) is 8.18. The SMILES string of the molecule is CC1=NN=C(C(=O)N2CCN(C)CC2)C(c2cccc(C)c2)C1C(=O)OC(C)C. The smallest absolute Gasteiger partial charge is 0.316 e. The quantitative estimate of drug-likeness (QED) is 0.729. The van der Waals surface area contributed by atoms with Crippen molar-refractivity contribution in [3.05, 3.63) is 35.4 Å². The number of piperazine rings is 1. The first-order valence-electron chi connectivity index (χ1n) is 10.1. The molecule has 2 atom stereocenters. The van der Waals surface area contributed by atoms with Gasteiger partial charge in [-0.25, -0.2) is 0 Å². The van der Waals surface area contributed by atoms with Gasteiger partial charge in [0, 0.05) is 26.2 Å². The van der Waals surface area contributed by atoms with Crippen LogP contribution in [0, 0.1) is 12.8 Å². The summed E-state index contributed by atoms with van der Waals surface area (Å²) in [7, 11) is 2.04. The highest BCUT2D eigenvalue weighted by atomic mass is 16.5. The van der Waals surface area contributed by atoms with E-state index in [4.69, 9.17) is 4.74 Å². The van der Waals surface area contributed by atoms with Gasteiger partial charge in [0.05, 0.1) is 17.7 Å². The topological polar surface area (TPSA) is 74.6 Å². The number of esters is 1. The van der Waals surface area contributed by atoms with Crippen LogP contribution in [0.25, 0.3) is 0 Å². The molecule has 1 amide bonds. The van der Waals surface area contributed by atoms with E-state index >= 15 is 0 Å².